The summed E-state index contributed by atoms with van der Waals surface area (Å²) in [6, 6.07) is 104. The van der Waals surface area contributed by atoms with Gasteiger partial charge in [0, 0.05) is 52.0 Å². The van der Waals surface area contributed by atoms with E-state index in [-0.39, 0.29) is 0 Å². The molecule has 0 atom stereocenters. The first-order chi connectivity index (χ1) is 38.7. The average molecular weight is 994 g/mol. The number of hydrogen-bond donors (Lipinski definition) is 0. The van der Waals surface area contributed by atoms with Gasteiger partial charge < -0.3 is 0 Å². The molecule has 0 saturated heterocycles. The maximum atomic E-state index is 5.31. The van der Waals surface area contributed by atoms with Gasteiger partial charge >= 0.3 is 0 Å². The van der Waals surface area contributed by atoms with Crippen molar-refractivity contribution in [1.29, 1.82) is 0 Å². The van der Waals surface area contributed by atoms with Crippen LogP contribution in [0.1, 0.15) is 0 Å². The second-order valence-electron chi connectivity index (χ2n) is 19.5. The van der Waals surface area contributed by atoms with Crippen molar-refractivity contribution in [3.05, 3.63) is 310 Å². The molecule has 0 aliphatic rings. The molecule has 366 valence electrons. The zero-order valence-corrected chi connectivity index (χ0v) is 42.8. The molecule has 3 heterocycles. The molecule has 3 heteroatoms. The molecule has 0 spiro atoms. The summed E-state index contributed by atoms with van der Waals surface area (Å²) in [5.74, 6) is 0. The van der Waals surface area contributed by atoms with Crippen LogP contribution in [0.2, 0.25) is 0 Å². The first kappa shape index (κ1) is 47.4. The van der Waals surface area contributed by atoms with Crippen LogP contribution in [0, 0.1) is 0 Å². The molecule has 0 radical (unpaired) electrons. The fourth-order valence-corrected chi connectivity index (χ4v) is 10.7. The molecule has 0 fully saturated rings. The average Bonchev–Trinajstić information content (AvgIpc) is 3.57. The molecule has 13 aromatic rings. The van der Waals surface area contributed by atoms with Gasteiger partial charge in [0.1, 0.15) is 0 Å². The Bertz CT molecular complexity index is 4050. The van der Waals surface area contributed by atoms with Gasteiger partial charge in [-0.15, -0.1) is 0 Å². The van der Waals surface area contributed by atoms with E-state index in [2.05, 4.69) is 285 Å². The highest BCUT2D eigenvalue weighted by atomic mass is 14.7. The fourth-order valence-electron chi connectivity index (χ4n) is 10.7. The topological polar surface area (TPSA) is 38.7 Å². The van der Waals surface area contributed by atoms with Crippen molar-refractivity contribution in [3.63, 3.8) is 0 Å². The van der Waals surface area contributed by atoms with Gasteiger partial charge in [0.15, 0.2) is 0 Å². The molecule has 0 unspecified atom stereocenters. The maximum absolute atomic E-state index is 5.31. The van der Waals surface area contributed by atoms with Crippen LogP contribution in [-0.2, 0) is 0 Å². The third-order valence-corrected chi connectivity index (χ3v) is 14.7. The lowest BCUT2D eigenvalue weighted by Gasteiger charge is -2.19. The zero-order chi connectivity index (χ0) is 52.0. The minimum atomic E-state index is 0.909. The van der Waals surface area contributed by atoms with E-state index in [1.54, 1.807) is 0 Å². The number of benzene rings is 10. The third-order valence-electron chi connectivity index (χ3n) is 14.7. The Kier molecular flexibility index (Phi) is 13.0. The lowest BCUT2D eigenvalue weighted by molar-refractivity contribution is 1.32. The Morgan fingerprint density at radius 2 is 0.462 bits per heavy atom. The predicted molar refractivity (Wildman–Crippen MR) is 325 cm³/mol. The lowest BCUT2D eigenvalue weighted by Crippen LogP contribution is -1.95. The van der Waals surface area contributed by atoms with Crippen molar-refractivity contribution < 1.29 is 0 Å². The summed E-state index contributed by atoms with van der Waals surface area (Å²) in [6.07, 6.45) is 6.09. The van der Waals surface area contributed by atoms with Crippen LogP contribution in [-0.4, -0.2) is 15.0 Å². The summed E-state index contributed by atoms with van der Waals surface area (Å²) in [4.78, 5) is 15.3. The van der Waals surface area contributed by atoms with Gasteiger partial charge in [-0.1, -0.05) is 249 Å². The highest BCUT2D eigenvalue weighted by molar-refractivity contribution is 5.97. The molecule has 10 aromatic carbocycles. The molecule has 3 nitrogen and oxygen atoms in total. The van der Waals surface area contributed by atoms with Gasteiger partial charge in [-0.2, -0.15) is 0 Å². The van der Waals surface area contributed by atoms with Crippen LogP contribution in [0.4, 0.5) is 0 Å². The molecule has 0 saturated carbocycles. The summed E-state index contributed by atoms with van der Waals surface area (Å²) < 4.78 is 0. The Morgan fingerprint density at radius 1 is 0.141 bits per heavy atom. The van der Waals surface area contributed by atoms with Crippen LogP contribution in [0.3, 0.4) is 0 Å². The summed E-state index contributed by atoms with van der Waals surface area (Å²) in [6.45, 7) is 0. The molecular weight excluding hydrogens is 943 g/mol. The largest absolute Gasteiger partial charge is 0.256 e. The summed E-state index contributed by atoms with van der Waals surface area (Å²) >= 11 is 0. The van der Waals surface area contributed by atoms with Crippen LogP contribution in [0.15, 0.2) is 310 Å². The van der Waals surface area contributed by atoms with Gasteiger partial charge in [0.05, 0.1) is 17.1 Å². The van der Waals surface area contributed by atoms with Crippen LogP contribution < -0.4 is 0 Å². The predicted octanol–water partition coefficient (Wildman–Crippen LogP) is 19.9. The first-order valence-electron chi connectivity index (χ1n) is 26.5. The van der Waals surface area contributed by atoms with E-state index in [4.69, 9.17) is 15.0 Å². The Hall–Kier alpha value is -10.4. The number of aromatic nitrogens is 3. The van der Waals surface area contributed by atoms with E-state index in [1.165, 1.54) is 16.7 Å². The molecule has 0 aliphatic carbocycles. The maximum Gasteiger partial charge on any atom is 0.0708 e. The van der Waals surface area contributed by atoms with Crippen molar-refractivity contribution >= 4 is 0 Å². The Morgan fingerprint density at radius 3 is 0.923 bits per heavy atom. The van der Waals surface area contributed by atoms with E-state index >= 15 is 0 Å². The SMILES string of the molecule is c1ccc(-c2ccc(-c3cc(-c4cccc(-c5ccccc5)c4)ncc3-c3ccccc3-c3cc(-c4ccccc4-c4ccc(-c5ccccc5)nc4)cc(-c4ccccc4-c4ccc(-c5ccccc5)nc4)c3)cc2)cc1. The number of hydrogen-bond acceptors (Lipinski definition) is 3. The summed E-state index contributed by atoms with van der Waals surface area (Å²) in [5, 5.41) is 0. The molecule has 0 amide bonds. The number of nitrogens with zero attached hydrogens (tertiary/aromatic N) is 3. The molecule has 78 heavy (non-hydrogen) atoms. The van der Waals surface area contributed by atoms with Crippen molar-refractivity contribution in [1.82, 2.24) is 15.0 Å². The molecule has 0 N–H and O–H groups in total. The highest BCUT2D eigenvalue weighted by Crippen LogP contribution is 2.45. The second kappa shape index (κ2) is 21.5. The van der Waals surface area contributed by atoms with Crippen molar-refractivity contribution in [3.8, 4) is 134 Å². The Balaban J connectivity index is 0.983. The molecular formula is C75H51N3. The lowest BCUT2D eigenvalue weighted by atomic mass is 9.85. The van der Waals surface area contributed by atoms with Gasteiger partial charge in [-0.25, -0.2) is 0 Å². The highest BCUT2D eigenvalue weighted by Gasteiger charge is 2.20. The minimum absolute atomic E-state index is 0.909. The minimum Gasteiger partial charge on any atom is -0.256 e. The van der Waals surface area contributed by atoms with Crippen LogP contribution >= 0.6 is 0 Å². The molecule has 0 aliphatic heterocycles. The molecule has 0 bridgehead atoms. The summed E-state index contributed by atoms with van der Waals surface area (Å²) in [7, 11) is 0. The van der Waals surface area contributed by atoms with Crippen molar-refractivity contribution in [2.24, 2.45) is 0 Å². The molecule has 13 rings (SSSR count). The Labute approximate surface area is 456 Å². The van der Waals surface area contributed by atoms with Gasteiger partial charge in [-0.05, 0) is 126 Å². The van der Waals surface area contributed by atoms with E-state index in [1.807, 2.05) is 24.5 Å². The fraction of sp³-hybridized carbons (Fsp3) is 0. The smallest absolute Gasteiger partial charge is 0.0708 e. The van der Waals surface area contributed by atoms with Gasteiger partial charge in [-0.3, -0.25) is 15.0 Å². The normalized spacial score (nSPS) is 11.1. The van der Waals surface area contributed by atoms with E-state index < -0.39 is 0 Å². The number of pyridine rings is 3. The standard InChI is InChI=1S/C75H51N3/c1-5-20-52(21-6-1)54-36-38-55(39-37-54)71-48-75(59-29-19-28-58(44-59)53-22-7-2-8-23-53)78-51-72(71)70-35-18-17-34-69(70)64-46-62(67-32-15-13-30-65(67)60-40-42-73(76-49-60)56-24-9-3-10-25-56)45-63(47-64)68-33-16-14-31-66(68)61-41-43-74(77-50-61)57-26-11-4-12-27-57/h1-51H. The van der Waals surface area contributed by atoms with Crippen molar-refractivity contribution in [2.45, 2.75) is 0 Å². The van der Waals surface area contributed by atoms with Gasteiger partial charge in [0.2, 0.25) is 0 Å². The van der Waals surface area contributed by atoms with Crippen LogP contribution in [0.5, 0.6) is 0 Å². The quantitative estimate of drug-likeness (QED) is 0.122. The first-order valence-corrected chi connectivity index (χ1v) is 26.5. The number of rotatable bonds is 12. The zero-order valence-electron chi connectivity index (χ0n) is 42.8. The third kappa shape index (κ3) is 9.76. The van der Waals surface area contributed by atoms with Gasteiger partial charge in [0.25, 0.3) is 0 Å². The summed E-state index contributed by atoms with van der Waals surface area (Å²) in [5.41, 5.74) is 25.9. The monoisotopic (exact) mass is 993 g/mol. The van der Waals surface area contributed by atoms with Crippen LogP contribution in [0.25, 0.3) is 134 Å². The van der Waals surface area contributed by atoms with Crippen molar-refractivity contribution in [2.75, 3.05) is 0 Å². The molecule has 3 aromatic heterocycles. The van der Waals surface area contributed by atoms with E-state index in [0.29, 0.717) is 0 Å². The second-order valence-corrected chi connectivity index (χ2v) is 19.5. The van der Waals surface area contributed by atoms with E-state index in [9.17, 15) is 0 Å². The van der Waals surface area contributed by atoms with E-state index in [0.717, 1.165) is 117 Å².